The van der Waals surface area contributed by atoms with E-state index in [0.717, 1.165) is 42.1 Å². The number of hydrogen-bond acceptors (Lipinski definition) is 7. The molecule has 0 saturated carbocycles. The topological polar surface area (TPSA) is 87.5 Å². The lowest BCUT2D eigenvalue weighted by molar-refractivity contribution is -0.118. The van der Waals surface area contributed by atoms with Gasteiger partial charge in [-0.25, -0.2) is 0 Å². The van der Waals surface area contributed by atoms with Crippen molar-refractivity contribution in [2.75, 3.05) is 19.2 Å². The quantitative estimate of drug-likeness (QED) is 0.483. The minimum Gasteiger partial charge on any atom is -0.454 e. The number of nitrogens with one attached hydrogen (secondary N) is 1. The molecule has 172 valence electrons. The first-order chi connectivity index (χ1) is 16.2. The van der Waals surface area contributed by atoms with Crippen LogP contribution in [0.15, 0.2) is 47.6 Å². The molecule has 2 aliphatic rings. The van der Waals surface area contributed by atoms with E-state index in [9.17, 15) is 4.79 Å². The standard InChI is InChI=1S/C23H23ClN4O4S/c24-17-6-4-16(5-7-17)22-26-27-23(28(22)12-18-2-1-9-30-18)33-13-21(29)25-11-15-3-8-19-20(10-15)32-14-31-19/h3-8,10,18H,1-2,9,11-14H2,(H,25,29)/t18-/m1/s1. The maximum atomic E-state index is 12.5. The molecule has 0 aliphatic carbocycles. The number of carbonyl (C=O) groups excluding carboxylic acids is 1. The summed E-state index contributed by atoms with van der Waals surface area (Å²) >= 11 is 7.41. The minimum atomic E-state index is -0.0858. The fourth-order valence-corrected chi connectivity index (χ4v) is 4.70. The molecule has 0 bridgehead atoms. The third-order valence-electron chi connectivity index (χ3n) is 5.49. The van der Waals surface area contributed by atoms with Crippen molar-refractivity contribution in [3.05, 3.63) is 53.1 Å². The van der Waals surface area contributed by atoms with Crippen LogP contribution in [0.4, 0.5) is 0 Å². The lowest BCUT2D eigenvalue weighted by atomic mass is 10.2. The number of fused-ring (bicyclic) bond motifs is 1. The average Bonchev–Trinajstić information content (AvgIpc) is 3.58. The van der Waals surface area contributed by atoms with E-state index in [4.69, 9.17) is 25.8 Å². The molecule has 0 spiro atoms. The monoisotopic (exact) mass is 486 g/mol. The van der Waals surface area contributed by atoms with Crippen LogP contribution in [0.1, 0.15) is 18.4 Å². The minimum absolute atomic E-state index is 0.0858. The van der Waals surface area contributed by atoms with Gasteiger partial charge in [0.25, 0.3) is 0 Å². The van der Waals surface area contributed by atoms with Gasteiger partial charge in [-0.15, -0.1) is 10.2 Å². The fourth-order valence-electron chi connectivity index (χ4n) is 3.80. The molecule has 3 aromatic rings. The van der Waals surface area contributed by atoms with Gasteiger partial charge in [-0.05, 0) is 54.8 Å². The van der Waals surface area contributed by atoms with Gasteiger partial charge in [0.15, 0.2) is 22.5 Å². The molecular formula is C23H23ClN4O4S. The molecule has 2 aromatic carbocycles. The van der Waals surface area contributed by atoms with Crippen molar-refractivity contribution in [1.29, 1.82) is 0 Å². The largest absolute Gasteiger partial charge is 0.454 e. The summed E-state index contributed by atoms with van der Waals surface area (Å²) in [5, 5.41) is 13.1. The van der Waals surface area contributed by atoms with E-state index in [-0.39, 0.29) is 24.6 Å². The Morgan fingerprint density at radius 3 is 2.82 bits per heavy atom. The molecular weight excluding hydrogens is 464 g/mol. The molecule has 10 heteroatoms. The maximum Gasteiger partial charge on any atom is 0.231 e. The molecule has 0 radical (unpaired) electrons. The summed E-state index contributed by atoms with van der Waals surface area (Å²) in [6.45, 7) is 2.06. The second kappa shape index (κ2) is 10.0. The molecule has 1 saturated heterocycles. The van der Waals surface area contributed by atoms with Crippen molar-refractivity contribution >= 4 is 29.3 Å². The second-order valence-electron chi connectivity index (χ2n) is 7.81. The highest BCUT2D eigenvalue weighted by atomic mass is 35.5. The molecule has 1 aromatic heterocycles. The summed E-state index contributed by atoms with van der Waals surface area (Å²) in [5.41, 5.74) is 1.87. The first kappa shape index (κ1) is 22.1. The number of aromatic nitrogens is 3. The number of ether oxygens (including phenoxy) is 3. The number of halogens is 1. The first-order valence-corrected chi connectivity index (χ1v) is 12.1. The highest BCUT2D eigenvalue weighted by molar-refractivity contribution is 7.99. The third kappa shape index (κ3) is 5.26. The molecule has 1 amide bonds. The van der Waals surface area contributed by atoms with E-state index in [1.54, 1.807) is 0 Å². The first-order valence-electron chi connectivity index (χ1n) is 10.7. The number of hydrogen-bond donors (Lipinski definition) is 1. The van der Waals surface area contributed by atoms with Crippen molar-refractivity contribution in [3.63, 3.8) is 0 Å². The van der Waals surface area contributed by atoms with E-state index in [1.807, 2.05) is 47.0 Å². The van der Waals surface area contributed by atoms with Crippen molar-refractivity contribution < 1.29 is 19.0 Å². The van der Waals surface area contributed by atoms with Gasteiger partial charge in [0, 0.05) is 23.7 Å². The van der Waals surface area contributed by atoms with Crippen LogP contribution >= 0.6 is 23.4 Å². The summed E-state index contributed by atoms with van der Waals surface area (Å²) in [6, 6.07) is 13.2. The van der Waals surface area contributed by atoms with Gasteiger partial charge in [-0.3, -0.25) is 9.36 Å². The molecule has 2 aliphatic heterocycles. The van der Waals surface area contributed by atoms with E-state index < -0.39 is 0 Å². The Bertz CT molecular complexity index is 1130. The Kier molecular flexibility index (Phi) is 6.70. The predicted molar refractivity (Wildman–Crippen MR) is 125 cm³/mol. The maximum absolute atomic E-state index is 12.5. The van der Waals surface area contributed by atoms with E-state index in [0.29, 0.717) is 29.0 Å². The van der Waals surface area contributed by atoms with Gasteiger partial charge < -0.3 is 19.5 Å². The molecule has 3 heterocycles. The highest BCUT2D eigenvalue weighted by Gasteiger charge is 2.22. The molecule has 5 rings (SSSR count). The zero-order chi connectivity index (χ0) is 22.6. The van der Waals surface area contributed by atoms with Crippen LogP contribution in [0.3, 0.4) is 0 Å². The van der Waals surface area contributed by atoms with Crippen LogP contribution in [0.2, 0.25) is 5.02 Å². The Balaban J connectivity index is 1.24. The second-order valence-corrected chi connectivity index (χ2v) is 9.19. The van der Waals surface area contributed by atoms with Crippen LogP contribution in [0.5, 0.6) is 11.5 Å². The van der Waals surface area contributed by atoms with Crippen molar-refractivity contribution in [2.24, 2.45) is 0 Å². The smallest absolute Gasteiger partial charge is 0.231 e. The summed E-state index contributed by atoms with van der Waals surface area (Å²) < 4.78 is 18.6. The zero-order valence-corrected chi connectivity index (χ0v) is 19.4. The van der Waals surface area contributed by atoms with Gasteiger partial charge in [0.2, 0.25) is 12.7 Å². The van der Waals surface area contributed by atoms with Crippen LogP contribution < -0.4 is 14.8 Å². The lowest BCUT2D eigenvalue weighted by Gasteiger charge is -2.15. The number of thioether (sulfide) groups is 1. The highest BCUT2D eigenvalue weighted by Crippen LogP contribution is 2.32. The van der Waals surface area contributed by atoms with Gasteiger partial charge in [0.1, 0.15) is 0 Å². The van der Waals surface area contributed by atoms with Gasteiger partial charge >= 0.3 is 0 Å². The summed E-state index contributed by atoms with van der Waals surface area (Å²) in [5.74, 6) is 2.31. The fraction of sp³-hybridized carbons (Fsp3) is 0.348. The third-order valence-corrected chi connectivity index (χ3v) is 6.71. The number of nitrogens with zero attached hydrogens (tertiary/aromatic N) is 3. The van der Waals surface area contributed by atoms with E-state index >= 15 is 0 Å². The normalized spacial score (nSPS) is 16.8. The van der Waals surface area contributed by atoms with Gasteiger partial charge in [0.05, 0.1) is 18.4 Å². The van der Waals surface area contributed by atoms with Crippen molar-refractivity contribution in [2.45, 2.75) is 37.2 Å². The lowest BCUT2D eigenvalue weighted by Crippen LogP contribution is -2.25. The Morgan fingerprint density at radius 1 is 1.15 bits per heavy atom. The zero-order valence-electron chi connectivity index (χ0n) is 17.8. The average molecular weight is 487 g/mol. The Morgan fingerprint density at radius 2 is 2.00 bits per heavy atom. The van der Waals surface area contributed by atoms with Crippen LogP contribution in [-0.4, -0.2) is 45.9 Å². The SMILES string of the molecule is O=C(CSc1nnc(-c2ccc(Cl)cc2)n1C[C@H]1CCCO1)NCc1ccc2c(c1)OCO2. The van der Waals surface area contributed by atoms with Gasteiger partial charge in [-0.2, -0.15) is 0 Å². The molecule has 1 atom stereocenters. The summed E-state index contributed by atoms with van der Waals surface area (Å²) in [4.78, 5) is 12.5. The summed E-state index contributed by atoms with van der Waals surface area (Å²) in [6.07, 6.45) is 2.16. The molecule has 33 heavy (non-hydrogen) atoms. The number of carbonyl (C=O) groups is 1. The van der Waals surface area contributed by atoms with Crippen molar-refractivity contribution in [1.82, 2.24) is 20.1 Å². The molecule has 1 N–H and O–H groups in total. The number of rotatable bonds is 8. The van der Waals surface area contributed by atoms with E-state index in [2.05, 4.69) is 15.5 Å². The Labute approximate surface area is 200 Å². The van der Waals surface area contributed by atoms with E-state index in [1.165, 1.54) is 11.8 Å². The number of amides is 1. The molecule has 1 fully saturated rings. The van der Waals surface area contributed by atoms with Crippen molar-refractivity contribution in [3.8, 4) is 22.9 Å². The van der Waals surface area contributed by atoms with Crippen LogP contribution in [0.25, 0.3) is 11.4 Å². The number of benzene rings is 2. The Hall–Kier alpha value is -2.75. The molecule has 0 unspecified atom stereocenters. The van der Waals surface area contributed by atoms with Crippen LogP contribution in [0, 0.1) is 0 Å². The predicted octanol–water partition coefficient (Wildman–Crippen LogP) is 3.91. The summed E-state index contributed by atoms with van der Waals surface area (Å²) in [7, 11) is 0. The van der Waals surface area contributed by atoms with Crippen LogP contribution in [-0.2, 0) is 22.6 Å². The molecule has 8 nitrogen and oxygen atoms in total. The van der Waals surface area contributed by atoms with Gasteiger partial charge in [-0.1, -0.05) is 29.4 Å².